The Morgan fingerprint density at radius 1 is 1.31 bits per heavy atom. The minimum Gasteiger partial charge on any atom is -0.461 e. The number of alkyl halides is 1. The lowest BCUT2D eigenvalue weighted by molar-refractivity contribution is 0.0119. The van der Waals surface area contributed by atoms with Gasteiger partial charge in [-0.05, 0) is 31.4 Å². The van der Waals surface area contributed by atoms with Crippen molar-refractivity contribution in [3.05, 3.63) is 47.8 Å². The fourth-order valence-electron chi connectivity index (χ4n) is 4.40. The van der Waals surface area contributed by atoms with Crippen molar-refractivity contribution in [1.29, 1.82) is 0 Å². The van der Waals surface area contributed by atoms with Crippen LogP contribution in [-0.4, -0.2) is 59.2 Å². The highest BCUT2D eigenvalue weighted by atomic mass is 19.1. The molecule has 0 radical (unpaired) electrons. The van der Waals surface area contributed by atoms with Gasteiger partial charge in [-0.3, -0.25) is 0 Å². The van der Waals surface area contributed by atoms with E-state index in [4.69, 9.17) is 19.3 Å². The van der Waals surface area contributed by atoms with E-state index < -0.39 is 36.3 Å². The zero-order chi connectivity index (χ0) is 24.6. The van der Waals surface area contributed by atoms with E-state index in [2.05, 4.69) is 20.3 Å². The number of aromatic amines is 1. The van der Waals surface area contributed by atoms with Crippen molar-refractivity contribution in [3.8, 4) is 11.5 Å². The number of pyridine rings is 1. The van der Waals surface area contributed by atoms with Crippen LogP contribution in [0.3, 0.4) is 0 Å². The van der Waals surface area contributed by atoms with E-state index in [1.807, 2.05) is 13.1 Å². The molecule has 0 bridgehead atoms. The molecule has 8 nitrogen and oxygen atoms in total. The van der Waals surface area contributed by atoms with E-state index >= 15 is 0 Å². The molecular weight excluding hydrogens is 465 g/mol. The molecule has 3 atom stereocenters. The summed E-state index contributed by atoms with van der Waals surface area (Å²) >= 11 is 0. The highest BCUT2D eigenvalue weighted by molar-refractivity contribution is 5.90. The maximum absolute atomic E-state index is 14.9. The molecule has 11 heteroatoms. The van der Waals surface area contributed by atoms with E-state index in [0.29, 0.717) is 17.6 Å². The average molecular weight is 490 g/mol. The van der Waals surface area contributed by atoms with Gasteiger partial charge in [0, 0.05) is 42.7 Å². The van der Waals surface area contributed by atoms with Gasteiger partial charge in [0.15, 0.2) is 23.1 Å². The van der Waals surface area contributed by atoms with Crippen LogP contribution in [-0.2, 0) is 9.47 Å². The zero-order valence-electron chi connectivity index (χ0n) is 19.0. The smallest absolute Gasteiger partial charge is 0.289 e. The Morgan fingerprint density at radius 3 is 2.80 bits per heavy atom. The number of benzene rings is 1. The Hall–Kier alpha value is -3.31. The molecule has 3 aromatic rings. The highest BCUT2D eigenvalue weighted by Gasteiger charge is 2.34. The first-order valence-electron chi connectivity index (χ1n) is 11.4. The van der Waals surface area contributed by atoms with Gasteiger partial charge in [0.1, 0.15) is 18.0 Å². The fourth-order valence-corrected chi connectivity index (χ4v) is 4.40. The molecule has 1 saturated heterocycles. The van der Waals surface area contributed by atoms with Gasteiger partial charge < -0.3 is 29.6 Å². The summed E-state index contributed by atoms with van der Waals surface area (Å²) in [6, 6.07) is 3.52. The number of fused-ring (bicyclic) bond motifs is 1. The third-order valence-corrected chi connectivity index (χ3v) is 6.29. The Labute approximate surface area is 199 Å². The maximum Gasteiger partial charge on any atom is 0.289 e. The molecule has 0 amide bonds. The van der Waals surface area contributed by atoms with Crippen LogP contribution >= 0.6 is 0 Å². The van der Waals surface area contributed by atoms with Crippen molar-refractivity contribution in [2.24, 2.45) is 4.99 Å². The summed E-state index contributed by atoms with van der Waals surface area (Å²) in [5.41, 5.74) is -0.493. The fraction of sp³-hybridized carbons (Fsp3) is 0.417. The molecule has 186 valence electrons. The van der Waals surface area contributed by atoms with Crippen LogP contribution < -0.4 is 10.1 Å². The number of hydrogen-bond donors (Lipinski definition) is 3. The number of anilines is 1. The summed E-state index contributed by atoms with van der Waals surface area (Å²) in [6.45, 7) is 1.20. The van der Waals surface area contributed by atoms with E-state index in [1.165, 1.54) is 6.20 Å². The standard InChI is InChI=1S/C24H25F3N4O4/c1-13-15(3-2-6-33-13)16-9-29-22-20(16)19(4-5-28-22)35-21-17(25)7-14(8-18(21)26)31-23-30-10-24(27,11-32)12-34-23/h4-5,7-9,13,15,32H,2-3,6,10-12H2,1H3,(H,28,29)(H,30,31). The number of rotatable bonds is 5. The predicted molar refractivity (Wildman–Crippen MR) is 123 cm³/mol. The second kappa shape index (κ2) is 9.38. The lowest BCUT2D eigenvalue weighted by atomic mass is 9.88. The van der Waals surface area contributed by atoms with Crippen LogP contribution in [0.5, 0.6) is 11.5 Å². The molecule has 2 aliphatic heterocycles. The number of nitrogens with zero attached hydrogens (tertiary/aromatic N) is 2. The lowest BCUT2D eigenvalue weighted by Crippen LogP contribution is -2.43. The predicted octanol–water partition coefficient (Wildman–Crippen LogP) is 4.41. The summed E-state index contributed by atoms with van der Waals surface area (Å²) < 4.78 is 60.6. The first-order valence-corrected chi connectivity index (χ1v) is 11.4. The number of nitrogens with one attached hydrogen (secondary N) is 2. The monoisotopic (exact) mass is 490 g/mol. The van der Waals surface area contributed by atoms with Gasteiger partial charge >= 0.3 is 0 Å². The second-order valence-corrected chi connectivity index (χ2v) is 8.82. The number of halogens is 3. The number of H-pyrrole nitrogens is 1. The molecule has 5 rings (SSSR count). The van der Waals surface area contributed by atoms with Crippen LogP contribution in [0, 0.1) is 11.6 Å². The van der Waals surface area contributed by atoms with Crippen LogP contribution in [0.15, 0.2) is 35.6 Å². The highest BCUT2D eigenvalue weighted by Crippen LogP contribution is 2.40. The van der Waals surface area contributed by atoms with Crippen molar-refractivity contribution >= 4 is 22.7 Å². The molecule has 3 unspecified atom stereocenters. The maximum atomic E-state index is 14.9. The topological polar surface area (TPSA) is 101 Å². The molecule has 3 N–H and O–H groups in total. The van der Waals surface area contributed by atoms with Gasteiger partial charge in [0.25, 0.3) is 6.02 Å². The Bertz CT molecular complexity index is 1240. The summed E-state index contributed by atoms with van der Waals surface area (Å²) in [5.74, 6) is -2.11. The van der Waals surface area contributed by atoms with Crippen LogP contribution in [0.4, 0.5) is 18.9 Å². The molecule has 35 heavy (non-hydrogen) atoms. The van der Waals surface area contributed by atoms with E-state index in [9.17, 15) is 13.2 Å². The molecule has 2 aromatic heterocycles. The molecule has 4 heterocycles. The van der Waals surface area contributed by atoms with Gasteiger partial charge in [-0.1, -0.05) is 0 Å². The van der Waals surface area contributed by atoms with E-state index in [0.717, 1.165) is 30.5 Å². The quantitative estimate of drug-likeness (QED) is 0.490. The zero-order valence-corrected chi connectivity index (χ0v) is 19.0. The molecule has 0 aliphatic carbocycles. The van der Waals surface area contributed by atoms with Crippen molar-refractivity contribution < 1.29 is 32.5 Å². The normalized spacial score (nSPS) is 24.7. The number of aliphatic imine (C=N–C) groups is 1. The molecule has 0 spiro atoms. The van der Waals surface area contributed by atoms with Crippen molar-refractivity contribution in [3.63, 3.8) is 0 Å². The Kier molecular flexibility index (Phi) is 6.28. The van der Waals surface area contributed by atoms with E-state index in [-0.39, 0.29) is 36.0 Å². The molecule has 1 aromatic carbocycles. The number of aromatic nitrogens is 2. The van der Waals surface area contributed by atoms with Gasteiger partial charge in [-0.15, -0.1) is 0 Å². The summed E-state index contributed by atoms with van der Waals surface area (Å²) in [6.07, 6.45) is 5.16. The first-order chi connectivity index (χ1) is 16.9. The van der Waals surface area contributed by atoms with Crippen LogP contribution in [0.2, 0.25) is 0 Å². The van der Waals surface area contributed by atoms with Crippen LogP contribution in [0.1, 0.15) is 31.2 Å². The van der Waals surface area contributed by atoms with Gasteiger partial charge in [-0.25, -0.2) is 23.1 Å². The van der Waals surface area contributed by atoms with Crippen LogP contribution in [0.25, 0.3) is 11.0 Å². The summed E-state index contributed by atoms with van der Waals surface area (Å²) in [7, 11) is 0. The second-order valence-electron chi connectivity index (χ2n) is 8.82. The van der Waals surface area contributed by atoms with Gasteiger partial charge in [0.2, 0.25) is 0 Å². The largest absolute Gasteiger partial charge is 0.461 e. The van der Waals surface area contributed by atoms with Crippen molar-refractivity contribution in [2.75, 3.05) is 31.7 Å². The third-order valence-electron chi connectivity index (χ3n) is 6.29. The van der Waals surface area contributed by atoms with Crippen molar-refractivity contribution in [1.82, 2.24) is 9.97 Å². The number of amidine groups is 1. The molecule has 0 saturated carbocycles. The average Bonchev–Trinajstić information content (AvgIpc) is 3.28. The Morgan fingerprint density at radius 2 is 2.11 bits per heavy atom. The minimum atomic E-state index is -1.98. The van der Waals surface area contributed by atoms with Gasteiger partial charge in [-0.2, -0.15) is 0 Å². The minimum absolute atomic E-state index is 0.0110. The molecule has 2 aliphatic rings. The first kappa shape index (κ1) is 23.4. The Balaban J connectivity index is 1.41. The molecular formula is C24H25F3N4O4. The third kappa shape index (κ3) is 4.65. The van der Waals surface area contributed by atoms with Crippen molar-refractivity contribution in [2.45, 2.75) is 37.5 Å². The lowest BCUT2D eigenvalue weighted by Gasteiger charge is -2.29. The number of ether oxygens (including phenoxy) is 3. The van der Waals surface area contributed by atoms with E-state index in [1.54, 1.807) is 6.07 Å². The summed E-state index contributed by atoms with van der Waals surface area (Å²) in [4.78, 5) is 11.3. The SMILES string of the molecule is CC1OCCCC1c1c[nH]c2nccc(Oc3c(F)cc(NC4=NCC(F)(CO)CO4)cc3F)c12. The summed E-state index contributed by atoms with van der Waals surface area (Å²) in [5, 5.41) is 12.3. The molecule has 1 fully saturated rings. The number of aliphatic hydroxyl groups excluding tert-OH is 1. The number of aliphatic hydroxyl groups is 1. The number of hydrogen-bond acceptors (Lipinski definition) is 7. The van der Waals surface area contributed by atoms with Gasteiger partial charge in [0.05, 0.1) is 24.6 Å².